The molecule has 2 aromatic rings. The minimum Gasteiger partial charge on any atom is -0.488 e. The Kier molecular flexibility index (Phi) is 4.36. The first-order valence-electron chi connectivity index (χ1n) is 5.87. The Labute approximate surface area is 112 Å². The van der Waals surface area contributed by atoms with E-state index < -0.39 is 0 Å². The van der Waals surface area contributed by atoms with Crippen molar-refractivity contribution in [3.63, 3.8) is 0 Å². The molecule has 19 heavy (non-hydrogen) atoms. The second kappa shape index (κ2) is 6.42. The highest BCUT2D eigenvalue weighted by atomic mass is 19.1. The molecule has 0 aliphatic heterocycles. The highest BCUT2D eigenvalue weighted by Crippen LogP contribution is 2.11. The molecule has 0 amide bonds. The largest absolute Gasteiger partial charge is 0.488 e. The zero-order valence-corrected chi connectivity index (χ0v) is 10.4. The van der Waals surface area contributed by atoms with E-state index in [4.69, 9.17) is 4.74 Å². The van der Waals surface area contributed by atoms with Gasteiger partial charge in [0.25, 0.3) is 0 Å². The third-order valence-corrected chi connectivity index (χ3v) is 2.38. The zero-order valence-electron chi connectivity index (χ0n) is 10.4. The van der Waals surface area contributed by atoms with Crippen molar-refractivity contribution in [3.05, 3.63) is 78.1 Å². The first-order valence-corrected chi connectivity index (χ1v) is 5.87. The standard InChI is InChI=1S/C17H13FO/c1-14(7-8-15-5-3-2-4-6-15)13-19-17-11-9-16(18)10-12-17/h2-6,9-12H,1,13H2. The molecular weight excluding hydrogens is 239 g/mol. The Balaban J connectivity index is 1.89. The van der Waals surface area contributed by atoms with Gasteiger partial charge >= 0.3 is 0 Å². The van der Waals surface area contributed by atoms with Crippen LogP contribution in [0, 0.1) is 17.7 Å². The smallest absolute Gasteiger partial charge is 0.123 e. The Hall–Kier alpha value is -2.53. The fraction of sp³-hybridized carbons (Fsp3) is 0.0588. The van der Waals surface area contributed by atoms with Gasteiger partial charge in [0.1, 0.15) is 18.2 Å². The van der Waals surface area contributed by atoms with Gasteiger partial charge in [0.05, 0.1) is 0 Å². The predicted molar refractivity (Wildman–Crippen MR) is 74.4 cm³/mol. The van der Waals surface area contributed by atoms with Crippen molar-refractivity contribution in [2.24, 2.45) is 0 Å². The van der Waals surface area contributed by atoms with Crippen LogP contribution in [0.25, 0.3) is 0 Å². The van der Waals surface area contributed by atoms with Crippen LogP contribution < -0.4 is 4.74 Å². The molecule has 0 aliphatic carbocycles. The van der Waals surface area contributed by atoms with Gasteiger partial charge in [0.2, 0.25) is 0 Å². The maximum atomic E-state index is 12.7. The summed E-state index contributed by atoms with van der Waals surface area (Å²) in [5, 5.41) is 0. The lowest BCUT2D eigenvalue weighted by Gasteiger charge is -2.04. The molecular formula is C17H13FO. The van der Waals surface area contributed by atoms with Gasteiger partial charge < -0.3 is 4.74 Å². The lowest BCUT2D eigenvalue weighted by molar-refractivity contribution is 0.356. The molecule has 94 valence electrons. The molecule has 0 saturated heterocycles. The molecule has 2 rings (SSSR count). The van der Waals surface area contributed by atoms with Crippen molar-refractivity contribution in [1.29, 1.82) is 0 Å². The molecule has 0 bridgehead atoms. The highest BCUT2D eigenvalue weighted by molar-refractivity contribution is 5.40. The van der Waals surface area contributed by atoms with Crippen LogP contribution in [0.3, 0.4) is 0 Å². The number of hydrogen-bond acceptors (Lipinski definition) is 1. The van der Waals surface area contributed by atoms with Gasteiger partial charge in [0, 0.05) is 11.1 Å². The molecule has 2 heteroatoms. The van der Waals surface area contributed by atoms with E-state index in [1.807, 2.05) is 30.3 Å². The van der Waals surface area contributed by atoms with Gasteiger partial charge in [0.15, 0.2) is 0 Å². The fourth-order valence-corrected chi connectivity index (χ4v) is 1.42. The number of hydrogen-bond donors (Lipinski definition) is 0. The number of halogens is 1. The molecule has 0 atom stereocenters. The van der Waals surface area contributed by atoms with Crippen LogP contribution >= 0.6 is 0 Å². The zero-order chi connectivity index (χ0) is 13.5. The van der Waals surface area contributed by atoms with E-state index in [1.165, 1.54) is 12.1 Å². The number of ether oxygens (including phenoxy) is 1. The summed E-state index contributed by atoms with van der Waals surface area (Å²) in [6, 6.07) is 15.5. The van der Waals surface area contributed by atoms with Crippen LogP contribution in [0.5, 0.6) is 5.75 Å². The maximum Gasteiger partial charge on any atom is 0.123 e. The molecule has 2 aromatic carbocycles. The summed E-state index contributed by atoms with van der Waals surface area (Å²) in [4.78, 5) is 0. The fourth-order valence-electron chi connectivity index (χ4n) is 1.42. The molecule has 1 nitrogen and oxygen atoms in total. The molecule has 0 spiro atoms. The van der Waals surface area contributed by atoms with Crippen LogP contribution in [0.4, 0.5) is 4.39 Å². The number of benzene rings is 2. The van der Waals surface area contributed by atoms with Crippen LogP contribution in [-0.2, 0) is 0 Å². The quantitative estimate of drug-likeness (QED) is 0.755. The molecule has 0 heterocycles. The second-order valence-electron chi connectivity index (χ2n) is 3.96. The van der Waals surface area contributed by atoms with E-state index in [2.05, 4.69) is 18.4 Å². The van der Waals surface area contributed by atoms with E-state index in [1.54, 1.807) is 12.1 Å². The van der Waals surface area contributed by atoms with Crippen molar-refractivity contribution in [1.82, 2.24) is 0 Å². The van der Waals surface area contributed by atoms with E-state index in [-0.39, 0.29) is 5.82 Å². The molecule has 0 aliphatic rings. The normalized spacial score (nSPS) is 9.32. The van der Waals surface area contributed by atoms with Crippen molar-refractivity contribution in [3.8, 4) is 17.6 Å². The molecule has 0 unspecified atom stereocenters. The Morgan fingerprint density at radius 2 is 1.74 bits per heavy atom. The van der Waals surface area contributed by atoms with Gasteiger partial charge in [-0.3, -0.25) is 0 Å². The Morgan fingerprint density at radius 3 is 2.42 bits per heavy atom. The average molecular weight is 252 g/mol. The summed E-state index contributed by atoms with van der Waals surface area (Å²) in [5.74, 6) is 6.26. The van der Waals surface area contributed by atoms with Gasteiger partial charge in [-0.25, -0.2) is 4.39 Å². The van der Waals surface area contributed by atoms with Crippen molar-refractivity contribution < 1.29 is 9.13 Å². The summed E-state index contributed by atoms with van der Waals surface area (Å²) in [6.45, 7) is 4.13. The lowest BCUT2D eigenvalue weighted by Crippen LogP contribution is -1.98. The first kappa shape index (κ1) is 12.9. The van der Waals surface area contributed by atoms with Crippen LogP contribution in [-0.4, -0.2) is 6.61 Å². The SMILES string of the molecule is C=C(C#Cc1ccccc1)COc1ccc(F)cc1. The predicted octanol–water partition coefficient (Wildman–Crippen LogP) is 3.81. The van der Waals surface area contributed by atoms with Gasteiger partial charge in [-0.2, -0.15) is 0 Å². The van der Waals surface area contributed by atoms with Crippen LogP contribution in [0.15, 0.2) is 66.7 Å². The van der Waals surface area contributed by atoms with Gasteiger partial charge in [-0.1, -0.05) is 36.6 Å². The van der Waals surface area contributed by atoms with Crippen molar-refractivity contribution >= 4 is 0 Å². The van der Waals surface area contributed by atoms with E-state index in [0.29, 0.717) is 17.9 Å². The summed E-state index contributed by atoms with van der Waals surface area (Å²) in [6.07, 6.45) is 0. The van der Waals surface area contributed by atoms with Gasteiger partial charge in [-0.05, 0) is 36.4 Å². The van der Waals surface area contributed by atoms with Gasteiger partial charge in [-0.15, -0.1) is 0 Å². The highest BCUT2D eigenvalue weighted by Gasteiger charge is 1.95. The molecule has 0 aromatic heterocycles. The first-order chi connectivity index (χ1) is 9.24. The summed E-state index contributed by atoms with van der Waals surface area (Å²) in [5.41, 5.74) is 1.61. The molecule has 0 saturated carbocycles. The summed E-state index contributed by atoms with van der Waals surface area (Å²) < 4.78 is 18.1. The van der Waals surface area contributed by atoms with Crippen LogP contribution in [0.2, 0.25) is 0 Å². The third kappa shape index (κ3) is 4.33. The van der Waals surface area contributed by atoms with E-state index >= 15 is 0 Å². The maximum absolute atomic E-state index is 12.7. The minimum absolute atomic E-state index is 0.282. The second-order valence-corrected chi connectivity index (χ2v) is 3.96. The monoisotopic (exact) mass is 252 g/mol. The molecule has 0 radical (unpaired) electrons. The summed E-state index contributed by atoms with van der Waals surface area (Å²) in [7, 11) is 0. The van der Waals surface area contributed by atoms with Crippen molar-refractivity contribution in [2.45, 2.75) is 0 Å². The molecule has 0 N–H and O–H groups in total. The molecule has 0 fully saturated rings. The Bertz CT molecular complexity index is 603. The third-order valence-electron chi connectivity index (χ3n) is 2.38. The topological polar surface area (TPSA) is 9.23 Å². The van der Waals surface area contributed by atoms with Crippen molar-refractivity contribution in [2.75, 3.05) is 6.61 Å². The number of rotatable bonds is 3. The minimum atomic E-state index is -0.282. The van der Waals surface area contributed by atoms with E-state index in [9.17, 15) is 4.39 Å². The lowest BCUT2D eigenvalue weighted by atomic mass is 10.2. The Morgan fingerprint density at radius 1 is 1.05 bits per heavy atom. The summed E-state index contributed by atoms with van der Waals surface area (Å²) >= 11 is 0. The average Bonchev–Trinajstić information content (AvgIpc) is 2.45. The van der Waals surface area contributed by atoms with E-state index in [0.717, 1.165) is 5.56 Å². The van der Waals surface area contributed by atoms with Crippen LogP contribution in [0.1, 0.15) is 5.56 Å².